The van der Waals surface area contributed by atoms with Crippen LogP contribution in [0.2, 0.25) is 0 Å². The first kappa shape index (κ1) is 20.9. The van der Waals surface area contributed by atoms with Crippen molar-refractivity contribution in [3.63, 3.8) is 0 Å². The molecule has 1 aliphatic rings. The molecule has 0 fully saturated rings. The van der Waals surface area contributed by atoms with Crippen LogP contribution in [0.25, 0.3) is 0 Å². The minimum Gasteiger partial charge on any atom is -0.497 e. The van der Waals surface area contributed by atoms with Gasteiger partial charge < -0.3 is 10.1 Å². The number of hydrogen-bond acceptors (Lipinski definition) is 5. The first-order chi connectivity index (χ1) is 13.9. The van der Waals surface area contributed by atoms with E-state index in [0.29, 0.717) is 6.54 Å². The Morgan fingerprint density at radius 1 is 1.07 bits per heavy atom. The van der Waals surface area contributed by atoms with Crippen molar-refractivity contribution in [2.45, 2.75) is 30.6 Å². The van der Waals surface area contributed by atoms with Crippen molar-refractivity contribution in [3.8, 4) is 5.75 Å². The molecular formula is C21H24N2O5S. The molecule has 0 saturated heterocycles. The Hall–Kier alpha value is -2.87. The van der Waals surface area contributed by atoms with Gasteiger partial charge in [0.15, 0.2) is 0 Å². The average Bonchev–Trinajstić information content (AvgIpc) is 2.92. The maximum absolute atomic E-state index is 12.5. The van der Waals surface area contributed by atoms with Gasteiger partial charge in [0, 0.05) is 19.5 Å². The predicted octanol–water partition coefficient (Wildman–Crippen LogP) is 2.37. The molecule has 2 aromatic rings. The first-order valence-electron chi connectivity index (χ1n) is 9.49. The van der Waals surface area contributed by atoms with E-state index in [9.17, 15) is 18.0 Å². The number of benzene rings is 2. The highest BCUT2D eigenvalue weighted by Gasteiger charge is 2.40. The molecule has 0 aromatic heterocycles. The quantitative estimate of drug-likeness (QED) is 0.634. The van der Waals surface area contributed by atoms with E-state index in [0.717, 1.165) is 28.5 Å². The predicted molar refractivity (Wildman–Crippen MR) is 108 cm³/mol. The zero-order chi connectivity index (χ0) is 20.9. The SMILES string of the molecule is COc1ccc(CCCNC(=O)CCCN2C(=O)c3ccccc3S2(=O)=O)cc1. The Balaban J connectivity index is 1.38. The third-order valence-electron chi connectivity index (χ3n) is 4.80. The second-order valence-corrected chi connectivity index (χ2v) is 8.61. The molecular weight excluding hydrogens is 392 g/mol. The molecule has 29 heavy (non-hydrogen) atoms. The van der Waals surface area contributed by atoms with Gasteiger partial charge in [0.05, 0.1) is 12.7 Å². The van der Waals surface area contributed by atoms with Gasteiger partial charge in [-0.25, -0.2) is 12.7 Å². The maximum Gasteiger partial charge on any atom is 0.269 e. The van der Waals surface area contributed by atoms with E-state index in [1.54, 1.807) is 19.2 Å². The summed E-state index contributed by atoms with van der Waals surface area (Å²) in [7, 11) is -2.18. The second kappa shape index (κ2) is 9.09. The fraction of sp³-hybridized carbons (Fsp3) is 0.333. The summed E-state index contributed by atoms with van der Waals surface area (Å²) in [4.78, 5) is 24.3. The third-order valence-corrected chi connectivity index (χ3v) is 6.64. The van der Waals surface area contributed by atoms with Gasteiger partial charge >= 0.3 is 0 Å². The molecule has 7 nitrogen and oxygen atoms in total. The number of sulfonamides is 1. The highest BCUT2D eigenvalue weighted by atomic mass is 32.2. The lowest BCUT2D eigenvalue weighted by Crippen LogP contribution is -2.32. The fourth-order valence-electron chi connectivity index (χ4n) is 3.24. The summed E-state index contributed by atoms with van der Waals surface area (Å²) in [6.45, 7) is 0.534. The minimum absolute atomic E-state index is 0.00485. The lowest BCUT2D eigenvalue weighted by atomic mass is 10.1. The lowest BCUT2D eigenvalue weighted by Gasteiger charge is -2.14. The molecule has 1 heterocycles. The molecule has 0 aliphatic carbocycles. The largest absolute Gasteiger partial charge is 0.497 e. The van der Waals surface area contributed by atoms with Gasteiger partial charge in [0.2, 0.25) is 5.91 Å². The molecule has 8 heteroatoms. The Morgan fingerprint density at radius 3 is 2.48 bits per heavy atom. The van der Waals surface area contributed by atoms with Gasteiger partial charge in [-0.15, -0.1) is 0 Å². The Kier molecular flexibility index (Phi) is 6.53. The van der Waals surface area contributed by atoms with Gasteiger partial charge in [-0.2, -0.15) is 0 Å². The van der Waals surface area contributed by atoms with E-state index in [4.69, 9.17) is 4.74 Å². The van der Waals surface area contributed by atoms with Crippen molar-refractivity contribution in [2.24, 2.45) is 0 Å². The van der Waals surface area contributed by atoms with Crippen molar-refractivity contribution in [3.05, 3.63) is 59.7 Å². The van der Waals surface area contributed by atoms with Crippen LogP contribution >= 0.6 is 0 Å². The highest BCUT2D eigenvalue weighted by Crippen LogP contribution is 2.29. The van der Waals surface area contributed by atoms with Gasteiger partial charge in [0.25, 0.3) is 15.9 Å². The molecule has 1 aliphatic heterocycles. The number of carbonyl (C=O) groups excluding carboxylic acids is 2. The molecule has 0 spiro atoms. The van der Waals surface area contributed by atoms with Crippen LogP contribution in [0.5, 0.6) is 5.75 Å². The van der Waals surface area contributed by atoms with Crippen LogP contribution in [0.3, 0.4) is 0 Å². The number of carbonyl (C=O) groups is 2. The summed E-state index contributed by atoms with van der Waals surface area (Å²) in [6, 6.07) is 13.9. The van der Waals surface area contributed by atoms with E-state index < -0.39 is 15.9 Å². The monoisotopic (exact) mass is 416 g/mol. The number of nitrogens with one attached hydrogen (secondary N) is 1. The Labute approximate surface area is 170 Å². The lowest BCUT2D eigenvalue weighted by molar-refractivity contribution is -0.121. The number of ether oxygens (including phenoxy) is 1. The second-order valence-electron chi connectivity index (χ2n) is 6.78. The van der Waals surface area contributed by atoms with Gasteiger partial charge in [0.1, 0.15) is 10.6 Å². The van der Waals surface area contributed by atoms with Crippen molar-refractivity contribution < 1.29 is 22.7 Å². The van der Waals surface area contributed by atoms with Gasteiger partial charge in [-0.1, -0.05) is 24.3 Å². The van der Waals surface area contributed by atoms with E-state index in [2.05, 4.69) is 5.32 Å². The fourth-order valence-corrected chi connectivity index (χ4v) is 4.84. The van der Waals surface area contributed by atoms with E-state index >= 15 is 0 Å². The van der Waals surface area contributed by atoms with Crippen LogP contribution in [0.1, 0.15) is 35.2 Å². The molecule has 0 unspecified atom stereocenters. The van der Waals surface area contributed by atoms with Crippen molar-refractivity contribution in [1.29, 1.82) is 0 Å². The summed E-state index contributed by atoms with van der Waals surface area (Å²) >= 11 is 0. The number of rotatable bonds is 9. The average molecular weight is 416 g/mol. The molecule has 0 atom stereocenters. The molecule has 2 amide bonds. The van der Waals surface area contributed by atoms with Crippen LogP contribution in [-0.4, -0.2) is 44.7 Å². The van der Waals surface area contributed by atoms with E-state index in [1.807, 2.05) is 24.3 Å². The number of fused-ring (bicyclic) bond motifs is 1. The summed E-state index contributed by atoms with van der Waals surface area (Å²) in [5.41, 5.74) is 1.35. The normalized spacial score (nSPS) is 14.5. The maximum atomic E-state index is 12.5. The standard InChI is InChI=1S/C21H24N2O5S/c1-28-17-12-10-16(11-13-17)6-4-14-22-20(24)9-5-15-23-21(25)18-7-2-3-8-19(18)29(23,26)27/h2-3,7-8,10-13H,4-6,9,14-15H2,1H3,(H,22,24). The molecule has 3 rings (SSSR count). The first-order valence-corrected chi connectivity index (χ1v) is 10.9. The van der Waals surface area contributed by atoms with Crippen molar-refractivity contribution in [2.75, 3.05) is 20.2 Å². The van der Waals surface area contributed by atoms with Crippen molar-refractivity contribution in [1.82, 2.24) is 9.62 Å². The van der Waals surface area contributed by atoms with Crippen LogP contribution in [-0.2, 0) is 21.2 Å². The summed E-state index contributed by atoms with van der Waals surface area (Å²) in [5.74, 6) is 0.130. The van der Waals surface area contributed by atoms with Gasteiger partial charge in [-0.3, -0.25) is 9.59 Å². The Bertz CT molecular complexity index is 986. The van der Waals surface area contributed by atoms with Crippen LogP contribution in [0.4, 0.5) is 0 Å². The number of aryl methyl sites for hydroxylation is 1. The van der Waals surface area contributed by atoms with E-state index in [1.165, 1.54) is 12.1 Å². The molecule has 0 saturated carbocycles. The molecule has 0 radical (unpaired) electrons. The highest BCUT2D eigenvalue weighted by molar-refractivity contribution is 7.90. The number of hydrogen-bond donors (Lipinski definition) is 1. The van der Waals surface area contributed by atoms with Gasteiger partial charge in [-0.05, 0) is 49.1 Å². The minimum atomic E-state index is -3.81. The number of methoxy groups -OCH3 is 1. The third kappa shape index (κ3) is 4.76. The molecule has 154 valence electrons. The molecule has 2 aromatic carbocycles. The van der Waals surface area contributed by atoms with Crippen LogP contribution in [0, 0.1) is 0 Å². The number of nitrogens with zero attached hydrogens (tertiary/aromatic N) is 1. The zero-order valence-corrected chi connectivity index (χ0v) is 17.1. The smallest absolute Gasteiger partial charge is 0.269 e. The van der Waals surface area contributed by atoms with Crippen LogP contribution in [0.15, 0.2) is 53.4 Å². The van der Waals surface area contributed by atoms with Crippen LogP contribution < -0.4 is 10.1 Å². The number of amides is 2. The summed E-state index contributed by atoms with van der Waals surface area (Å²) in [6.07, 6.45) is 2.08. The summed E-state index contributed by atoms with van der Waals surface area (Å²) in [5, 5.41) is 2.83. The molecule has 0 bridgehead atoms. The zero-order valence-electron chi connectivity index (χ0n) is 16.3. The summed E-state index contributed by atoms with van der Waals surface area (Å²) < 4.78 is 30.9. The van der Waals surface area contributed by atoms with E-state index in [-0.39, 0.29) is 35.8 Å². The van der Waals surface area contributed by atoms with Crippen molar-refractivity contribution >= 4 is 21.8 Å². The molecule has 1 N–H and O–H groups in total. The Morgan fingerprint density at radius 2 is 1.79 bits per heavy atom. The topological polar surface area (TPSA) is 92.8 Å².